The fourth-order valence-corrected chi connectivity index (χ4v) is 2.50. The Bertz CT molecular complexity index is 563. The molecule has 0 bridgehead atoms. The molecule has 3 heterocycles. The number of aryl methyl sites for hydroxylation is 1. The molecule has 1 saturated heterocycles. The lowest BCUT2D eigenvalue weighted by Crippen LogP contribution is -2.54. The summed E-state index contributed by atoms with van der Waals surface area (Å²) >= 11 is 0. The van der Waals surface area contributed by atoms with E-state index in [9.17, 15) is 0 Å². The zero-order chi connectivity index (χ0) is 12.7. The highest BCUT2D eigenvalue weighted by molar-refractivity contribution is 5.86. The van der Waals surface area contributed by atoms with Crippen LogP contribution in [0.15, 0.2) is 12.5 Å². The third kappa shape index (κ3) is 1.73. The lowest BCUT2D eigenvalue weighted by Gasteiger charge is -2.38. The summed E-state index contributed by atoms with van der Waals surface area (Å²) in [7, 11) is 1.91. The molecular weight excluding hydrogens is 228 g/mol. The third-order valence-electron chi connectivity index (χ3n) is 3.54. The molecule has 0 saturated carbocycles. The number of anilines is 1. The Morgan fingerprint density at radius 3 is 3.00 bits per heavy atom. The first-order valence-corrected chi connectivity index (χ1v) is 6.29. The topological polar surface area (TPSA) is 58.9 Å². The summed E-state index contributed by atoms with van der Waals surface area (Å²) in [4.78, 5) is 11.1. The number of hydrogen-bond acceptors (Lipinski definition) is 5. The van der Waals surface area contributed by atoms with Crippen molar-refractivity contribution in [3.05, 3.63) is 12.5 Å². The largest absolute Gasteiger partial charge is 0.350 e. The quantitative estimate of drug-likeness (QED) is 0.796. The van der Waals surface area contributed by atoms with E-state index in [0.29, 0.717) is 12.1 Å². The molecule has 6 heteroatoms. The summed E-state index contributed by atoms with van der Waals surface area (Å²) in [6, 6.07) is 0.905. The Labute approximate surface area is 106 Å². The SMILES string of the molecule is CC1CN(c2ncnc3c2cnn3C)C(C)CN1. The number of rotatable bonds is 1. The van der Waals surface area contributed by atoms with Crippen molar-refractivity contribution in [2.45, 2.75) is 25.9 Å². The second-order valence-electron chi connectivity index (χ2n) is 5.01. The van der Waals surface area contributed by atoms with Crippen molar-refractivity contribution in [2.75, 3.05) is 18.0 Å². The summed E-state index contributed by atoms with van der Waals surface area (Å²) in [6.07, 6.45) is 3.48. The number of aromatic nitrogens is 4. The molecule has 6 nitrogen and oxygen atoms in total. The Kier molecular flexibility index (Phi) is 2.66. The molecule has 0 aromatic carbocycles. The highest BCUT2D eigenvalue weighted by Gasteiger charge is 2.25. The van der Waals surface area contributed by atoms with E-state index < -0.39 is 0 Å². The molecule has 18 heavy (non-hydrogen) atoms. The van der Waals surface area contributed by atoms with Crippen LogP contribution in [0.5, 0.6) is 0 Å². The molecule has 2 unspecified atom stereocenters. The number of piperazine rings is 1. The van der Waals surface area contributed by atoms with Crippen LogP contribution >= 0.6 is 0 Å². The van der Waals surface area contributed by atoms with Crippen molar-refractivity contribution in [1.29, 1.82) is 0 Å². The lowest BCUT2D eigenvalue weighted by molar-refractivity contribution is 0.423. The van der Waals surface area contributed by atoms with Gasteiger partial charge in [-0.05, 0) is 13.8 Å². The Morgan fingerprint density at radius 2 is 2.17 bits per heavy atom. The third-order valence-corrected chi connectivity index (χ3v) is 3.54. The molecule has 1 fully saturated rings. The Hall–Kier alpha value is -1.69. The van der Waals surface area contributed by atoms with Crippen LogP contribution in [0.3, 0.4) is 0 Å². The Balaban J connectivity index is 2.07. The van der Waals surface area contributed by atoms with Crippen molar-refractivity contribution < 1.29 is 0 Å². The van der Waals surface area contributed by atoms with Crippen LogP contribution in [-0.2, 0) is 7.05 Å². The van der Waals surface area contributed by atoms with Gasteiger partial charge in [0.1, 0.15) is 12.1 Å². The average Bonchev–Trinajstić information content (AvgIpc) is 2.75. The summed E-state index contributed by atoms with van der Waals surface area (Å²) in [5.74, 6) is 0.994. The predicted molar refractivity (Wildman–Crippen MR) is 70.6 cm³/mol. The zero-order valence-corrected chi connectivity index (χ0v) is 11.0. The summed E-state index contributed by atoms with van der Waals surface area (Å²) in [5, 5.41) is 8.77. The molecule has 2 atom stereocenters. The number of nitrogens with zero attached hydrogens (tertiary/aromatic N) is 5. The first kappa shape index (κ1) is 11.4. The molecule has 1 aliphatic rings. The molecule has 1 aliphatic heterocycles. The van der Waals surface area contributed by atoms with Crippen molar-refractivity contribution in [1.82, 2.24) is 25.1 Å². The Morgan fingerprint density at radius 1 is 1.33 bits per heavy atom. The molecule has 2 aromatic rings. The van der Waals surface area contributed by atoms with Gasteiger partial charge in [-0.15, -0.1) is 0 Å². The molecule has 0 aliphatic carbocycles. The molecule has 3 rings (SSSR count). The second-order valence-corrected chi connectivity index (χ2v) is 5.01. The van der Waals surface area contributed by atoms with Crippen molar-refractivity contribution in [3.63, 3.8) is 0 Å². The van der Waals surface area contributed by atoms with Gasteiger partial charge in [-0.1, -0.05) is 0 Å². The van der Waals surface area contributed by atoms with E-state index in [0.717, 1.165) is 29.9 Å². The maximum Gasteiger partial charge on any atom is 0.163 e. The zero-order valence-electron chi connectivity index (χ0n) is 11.0. The lowest BCUT2D eigenvalue weighted by atomic mass is 10.1. The minimum Gasteiger partial charge on any atom is -0.350 e. The minimum atomic E-state index is 0.430. The van der Waals surface area contributed by atoms with Gasteiger partial charge in [0.05, 0.1) is 11.6 Å². The van der Waals surface area contributed by atoms with E-state index in [-0.39, 0.29) is 0 Å². The van der Waals surface area contributed by atoms with Crippen LogP contribution in [0.2, 0.25) is 0 Å². The fourth-order valence-electron chi connectivity index (χ4n) is 2.50. The van der Waals surface area contributed by atoms with Gasteiger partial charge in [0.2, 0.25) is 0 Å². The van der Waals surface area contributed by atoms with Gasteiger partial charge in [0.15, 0.2) is 5.65 Å². The maximum absolute atomic E-state index is 4.46. The van der Waals surface area contributed by atoms with Gasteiger partial charge in [-0.25, -0.2) is 9.97 Å². The minimum absolute atomic E-state index is 0.430. The highest BCUT2D eigenvalue weighted by Crippen LogP contribution is 2.25. The smallest absolute Gasteiger partial charge is 0.163 e. The molecule has 0 spiro atoms. The summed E-state index contributed by atoms with van der Waals surface area (Å²) < 4.78 is 1.79. The molecular formula is C12H18N6. The number of fused-ring (bicyclic) bond motifs is 1. The molecule has 0 radical (unpaired) electrons. The van der Waals surface area contributed by atoms with E-state index in [4.69, 9.17) is 0 Å². The monoisotopic (exact) mass is 246 g/mol. The standard InChI is InChI=1S/C12H18N6/c1-8-6-18(9(2)4-13-8)12-10-5-16-17(3)11(10)14-7-15-12/h5,7-9,13H,4,6H2,1-3H3. The number of nitrogens with one attached hydrogen (secondary N) is 1. The first-order valence-electron chi connectivity index (χ1n) is 6.29. The van der Waals surface area contributed by atoms with Crippen molar-refractivity contribution >= 4 is 16.9 Å². The molecule has 96 valence electrons. The van der Waals surface area contributed by atoms with Crippen LogP contribution in [0.1, 0.15) is 13.8 Å². The van der Waals surface area contributed by atoms with Gasteiger partial charge in [0.25, 0.3) is 0 Å². The molecule has 0 amide bonds. The van der Waals surface area contributed by atoms with Gasteiger partial charge in [0, 0.05) is 32.2 Å². The van der Waals surface area contributed by atoms with Crippen LogP contribution in [0.25, 0.3) is 11.0 Å². The van der Waals surface area contributed by atoms with Gasteiger partial charge >= 0.3 is 0 Å². The van der Waals surface area contributed by atoms with Crippen molar-refractivity contribution in [2.24, 2.45) is 7.05 Å². The normalized spacial score (nSPS) is 24.7. The molecule has 2 aromatic heterocycles. The van der Waals surface area contributed by atoms with Gasteiger partial charge in [-0.3, -0.25) is 4.68 Å². The highest BCUT2D eigenvalue weighted by atomic mass is 15.3. The summed E-state index contributed by atoms with van der Waals surface area (Å²) in [5.41, 5.74) is 0.887. The van der Waals surface area contributed by atoms with E-state index in [1.807, 2.05) is 13.2 Å². The van der Waals surface area contributed by atoms with Crippen LogP contribution in [-0.4, -0.2) is 44.9 Å². The van der Waals surface area contributed by atoms with E-state index in [2.05, 4.69) is 39.1 Å². The van der Waals surface area contributed by atoms with Crippen LogP contribution in [0, 0.1) is 0 Å². The van der Waals surface area contributed by atoms with Gasteiger partial charge < -0.3 is 10.2 Å². The maximum atomic E-state index is 4.46. The van der Waals surface area contributed by atoms with E-state index >= 15 is 0 Å². The van der Waals surface area contributed by atoms with Gasteiger partial charge in [-0.2, -0.15) is 5.10 Å². The van der Waals surface area contributed by atoms with Crippen LogP contribution in [0.4, 0.5) is 5.82 Å². The van der Waals surface area contributed by atoms with E-state index in [1.165, 1.54) is 0 Å². The summed E-state index contributed by atoms with van der Waals surface area (Å²) in [6.45, 7) is 6.35. The number of hydrogen-bond donors (Lipinski definition) is 1. The average molecular weight is 246 g/mol. The van der Waals surface area contributed by atoms with Crippen LogP contribution < -0.4 is 10.2 Å². The van der Waals surface area contributed by atoms with E-state index in [1.54, 1.807) is 11.0 Å². The molecule has 1 N–H and O–H groups in total. The predicted octanol–water partition coefficient (Wildman–Crippen LogP) is 0.550. The fraction of sp³-hybridized carbons (Fsp3) is 0.583. The second kappa shape index (κ2) is 4.20. The van der Waals surface area contributed by atoms with Crippen molar-refractivity contribution in [3.8, 4) is 0 Å². The first-order chi connectivity index (χ1) is 8.66.